The Morgan fingerprint density at radius 2 is 2.10 bits per heavy atom. The van der Waals surface area contributed by atoms with Crippen molar-refractivity contribution in [1.82, 2.24) is 15.5 Å². The standard InChI is InChI=1S/C14H28N4OS.HI/c1-14(4-3-11-20-14)12-17-13(15-2)16-5-6-18-7-9-19-10-8-18;/h3-12H2,1-2H3,(H2,15,16,17);1H. The van der Waals surface area contributed by atoms with Crippen molar-refractivity contribution in [2.24, 2.45) is 4.99 Å². The molecular formula is C14H29IN4OS. The van der Waals surface area contributed by atoms with Gasteiger partial charge in [-0.05, 0) is 25.5 Å². The first-order valence-electron chi connectivity index (χ1n) is 7.60. The van der Waals surface area contributed by atoms with Crippen LogP contribution in [-0.2, 0) is 4.74 Å². The number of aliphatic imine (C=N–C) groups is 1. The quantitative estimate of drug-likeness (QED) is 0.394. The molecule has 5 nitrogen and oxygen atoms in total. The van der Waals surface area contributed by atoms with Gasteiger partial charge in [-0.2, -0.15) is 11.8 Å². The molecule has 0 spiro atoms. The summed E-state index contributed by atoms with van der Waals surface area (Å²) in [4.78, 5) is 6.73. The largest absolute Gasteiger partial charge is 0.379 e. The molecule has 0 radical (unpaired) electrons. The fraction of sp³-hybridized carbons (Fsp3) is 0.929. The summed E-state index contributed by atoms with van der Waals surface area (Å²) < 4.78 is 5.73. The molecular weight excluding hydrogens is 399 g/mol. The highest BCUT2D eigenvalue weighted by Crippen LogP contribution is 2.36. The highest BCUT2D eigenvalue weighted by molar-refractivity contribution is 14.0. The van der Waals surface area contributed by atoms with E-state index in [-0.39, 0.29) is 24.0 Å². The molecule has 0 aromatic rings. The third-order valence-electron chi connectivity index (χ3n) is 3.98. The summed E-state index contributed by atoms with van der Waals surface area (Å²) in [6.07, 6.45) is 2.64. The summed E-state index contributed by atoms with van der Waals surface area (Å²) >= 11 is 2.08. The molecule has 2 fully saturated rings. The van der Waals surface area contributed by atoms with Crippen LogP contribution in [0.3, 0.4) is 0 Å². The number of morpholine rings is 1. The molecule has 0 aliphatic carbocycles. The Morgan fingerprint density at radius 1 is 1.33 bits per heavy atom. The Balaban J connectivity index is 0.00000220. The molecule has 2 rings (SSSR count). The van der Waals surface area contributed by atoms with Gasteiger partial charge in [0.25, 0.3) is 0 Å². The predicted octanol–water partition coefficient (Wildman–Crippen LogP) is 1.39. The lowest BCUT2D eigenvalue weighted by Crippen LogP contribution is -2.47. The van der Waals surface area contributed by atoms with Crippen LogP contribution < -0.4 is 10.6 Å². The number of guanidine groups is 1. The summed E-state index contributed by atoms with van der Waals surface area (Å²) in [7, 11) is 1.84. The van der Waals surface area contributed by atoms with Gasteiger partial charge in [0.15, 0.2) is 5.96 Å². The first-order chi connectivity index (χ1) is 9.72. The molecule has 0 saturated carbocycles. The Bertz CT molecular complexity index is 318. The number of nitrogens with one attached hydrogen (secondary N) is 2. The molecule has 2 saturated heterocycles. The molecule has 2 aliphatic rings. The van der Waals surface area contributed by atoms with Crippen molar-refractivity contribution in [3.63, 3.8) is 0 Å². The van der Waals surface area contributed by atoms with Crippen LogP contribution >= 0.6 is 35.7 Å². The van der Waals surface area contributed by atoms with Gasteiger partial charge in [-0.1, -0.05) is 0 Å². The molecule has 2 aliphatic heterocycles. The van der Waals surface area contributed by atoms with E-state index in [0.717, 1.165) is 51.9 Å². The molecule has 21 heavy (non-hydrogen) atoms. The van der Waals surface area contributed by atoms with Crippen molar-refractivity contribution in [2.45, 2.75) is 24.5 Å². The van der Waals surface area contributed by atoms with Crippen LogP contribution in [0.25, 0.3) is 0 Å². The first-order valence-corrected chi connectivity index (χ1v) is 8.59. The minimum atomic E-state index is 0. The van der Waals surface area contributed by atoms with Crippen LogP contribution in [0.15, 0.2) is 4.99 Å². The predicted molar refractivity (Wildman–Crippen MR) is 102 cm³/mol. The van der Waals surface area contributed by atoms with E-state index in [1.54, 1.807) is 0 Å². The van der Waals surface area contributed by atoms with Crippen LogP contribution in [0.2, 0.25) is 0 Å². The smallest absolute Gasteiger partial charge is 0.191 e. The molecule has 0 bridgehead atoms. The Kier molecular flexibility index (Phi) is 9.31. The molecule has 2 N–H and O–H groups in total. The van der Waals surface area contributed by atoms with Gasteiger partial charge >= 0.3 is 0 Å². The third-order valence-corrected chi connectivity index (χ3v) is 5.52. The average Bonchev–Trinajstić information content (AvgIpc) is 2.91. The SMILES string of the molecule is CN=C(NCCN1CCOCC1)NCC1(C)CCCS1.I. The molecule has 0 aromatic carbocycles. The van der Waals surface area contributed by atoms with Crippen LogP contribution in [0.1, 0.15) is 19.8 Å². The zero-order valence-electron chi connectivity index (χ0n) is 13.2. The summed E-state index contributed by atoms with van der Waals surface area (Å²) in [6, 6.07) is 0. The number of hydrogen-bond acceptors (Lipinski definition) is 4. The van der Waals surface area contributed by atoms with E-state index < -0.39 is 0 Å². The minimum Gasteiger partial charge on any atom is -0.379 e. The number of thioether (sulfide) groups is 1. The van der Waals surface area contributed by atoms with Crippen molar-refractivity contribution in [1.29, 1.82) is 0 Å². The second-order valence-corrected chi connectivity index (χ2v) is 7.39. The summed E-state index contributed by atoms with van der Waals surface area (Å²) in [5, 5.41) is 6.87. The van der Waals surface area contributed by atoms with Crippen molar-refractivity contribution in [3.8, 4) is 0 Å². The topological polar surface area (TPSA) is 48.9 Å². The van der Waals surface area contributed by atoms with E-state index in [4.69, 9.17) is 4.74 Å². The Morgan fingerprint density at radius 3 is 2.71 bits per heavy atom. The van der Waals surface area contributed by atoms with E-state index in [9.17, 15) is 0 Å². The molecule has 7 heteroatoms. The highest BCUT2D eigenvalue weighted by atomic mass is 127. The van der Waals surface area contributed by atoms with E-state index in [0.29, 0.717) is 4.75 Å². The fourth-order valence-corrected chi connectivity index (χ4v) is 3.87. The fourth-order valence-electron chi connectivity index (χ4n) is 2.62. The lowest BCUT2D eigenvalue weighted by Gasteiger charge is -2.27. The number of ether oxygens (including phenoxy) is 1. The van der Waals surface area contributed by atoms with Gasteiger partial charge in [0.1, 0.15) is 0 Å². The lowest BCUT2D eigenvalue weighted by molar-refractivity contribution is 0.0389. The Hall–Kier alpha value is 0.270. The van der Waals surface area contributed by atoms with Crippen molar-refractivity contribution in [2.75, 3.05) is 58.7 Å². The summed E-state index contributed by atoms with van der Waals surface area (Å²) in [5.74, 6) is 2.22. The van der Waals surface area contributed by atoms with Gasteiger partial charge in [-0.15, -0.1) is 24.0 Å². The number of halogens is 1. The maximum Gasteiger partial charge on any atom is 0.191 e. The third kappa shape index (κ3) is 6.92. The minimum absolute atomic E-state index is 0. The van der Waals surface area contributed by atoms with E-state index in [1.165, 1.54) is 18.6 Å². The normalized spacial score (nSPS) is 27.2. The van der Waals surface area contributed by atoms with Gasteiger partial charge in [0.05, 0.1) is 13.2 Å². The molecule has 1 unspecified atom stereocenters. The van der Waals surface area contributed by atoms with Crippen LogP contribution in [0.4, 0.5) is 0 Å². The maximum atomic E-state index is 5.35. The number of hydrogen-bond donors (Lipinski definition) is 2. The lowest BCUT2D eigenvalue weighted by atomic mass is 10.1. The Labute approximate surface area is 150 Å². The monoisotopic (exact) mass is 428 g/mol. The van der Waals surface area contributed by atoms with E-state index in [2.05, 4.69) is 39.2 Å². The zero-order chi connectivity index (χ0) is 14.3. The summed E-state index contributed by atoms with van der Waals surface area (Å²) in [5.41, 5.74) is 0. The maximum absolute atomic E-state index is 5.35. The van der Waals surface area contributed by atoms with Gasteiger partial charge in [-0.3, -0.25) is 9.89 Å². The molecule has 124 valence electrons. The van der Waals surface area contributed by atoms with Crippen molar-refractivity contribution < 1.29 is 4.74 Å². The number of nitrogens with zero attached hydrogens (tertiary/aromatic N) is 2. The average molecular weight is 428 g/mol. The molecule has 0 amide bonds. The molecule has 0 aromatic heterocycles. The van der Waals surface area contributed by atoms with Gasteiger partial charge in [-0.25, -0.2) is 0 Å². The van der Waals surface area contributed by atoms with Gasteiger partial charge in [0.2, 0.25) is 0 Å². The van der Waals surface area contributed by atoms with Crippen molar-refractivity contribution in [3.05, 3.63) is 0 Å². The zero-order valence-corrected chi connectivity index (χ0v) is 16.3. The van der Waals surface area contributed by atoms with Crippen LogP contribution in [0, 0.1) is 0 Å². The second kappa shape index (κ2) is 10.1. The summed E-state index contributed by atoms with van der Waals surface area (Å²) in [6.45, 7) is 9.14. The van der Waals surface area contributed by atoms with Crippen LogP contribution in [-0.4, -0.2) is 74.3 Å². The highest BCUT2D eigenvalue weighted by Gasteiger charge is 2.29. The van der Waals surface area contributed by atoms with Crippen LogP contribution in [0.5, 0.6) is 0 Å². The van der Waals surface area contributed by atoms with E-state index >= 15 is 0 Å². The van der Waals surface area contributed by atoms with Gasteiger partial charge in [0, 0.05) is 44.5 Å². The number of rotatable bonds is 5. The first kappa shape index (κ1) is 19.3. The van der Waals surface area contributed by atoms with Crippen molar-refractivity contribution >= 4 is 41.7 Å². The molecule has 1 atom stereocenters. The van der Waals surface area contributed by atoms with E-state index in [1.807, 2.05) is 7.05 Å². The molecule has 2 heterocycles. The second-order valence-electron chi connectivity index (χ2n) is 5.71. The van der Waals surface area contributed by atoms with Gasteiger partial charge < -0.3 is 15.4 Å².